The van der Waals surface area contributed by atoms with Gasteiger partial charge in [0.05, 0.1) is 18.4 Å². The number of anilines is 1. The van der Waals surface area contributed by atoms with Crippen LogP contribution in [-0.4, -0.2) is 57.0 Å². The molecule has 6 nitrogen and oxygen atoms in total. The lowest BCUT2D eigenvalue weighted by Crippen LogP contribution is -2.38. The van der Waals surface area contributed by atoms with Crippen LogP contribution in [0.15, 0.2) is 18.2 Å². The molecule has 2 aliphatic heterocycles. The summed E-state index contributed by atoms with van der Waals surface area (Å²) in [7, 11) is -3.44. The average Bonchev–Trinajstić information content (AvgIpc) is 3.12. The Bertz CT molecular complexity index is 672. The highest BCUT2D eigenvalue weighted by Gasteiger charge is 2.26. The van der Waals surface area contributed by atoms with Crippen LogP contribution in [0.5, 0.6) is 0 Å². The predicted octanol–water partition coefficient (Wildman–Crippen LogP) is 2.14. The Morgan fingerprint density at radius 2 is 2.00 bits per heavy atom. The molecule has 0 amide bonds. The standard InChI is InChI=1S/C17H27N3O3S/c1-3-19-10-11-23-17(13-19)15-6-7-16(14(2)12-15)18-24(21,22)20-8-4-5-9-20/h6-7,12,17-18H,3-5,8-11,13H2,1-2H3. The molecule has 2 fully saturated rings. The molecule has 0 bridgehead atoms. The summed E-state index contributed by atoms with van der Waals surface area (Å²) in [6.07, 6.45) is 1.93. The van der Waals surface area contributed by atoms with Gasteiger partial charge in [0.25, 0.3) is 0 Å². The van der Waals surface area contributed by atoms with Crippen LogP contribution < -0.4 is 4.72 Å². The summed E-state index contributed by atoms with van der Waals surface area (Å²) in [5.74, 6) is 0. The van der Waals surface area contributed by atoms with Gasteiger partial charge in [-0.05, 0) is 43.5 Å². The minimum absolute atomic E-state index is 0.0571. The quantitative estimate of drug-likeness (QED) is 0.881. The summed E-state index contributed by atoms with van der Waals surface area (Å²) in [5.41, 5.74) is 2.68. The number of hydrogen-bond donors (Lipinski definition) is 1. The van der Waals surface area contributed by atoms with Crippen LogP contribution >= 0.6 is 0 Å². The van der Waals surface area contributed by atoms with Crippen molar-refractivity contribution in [2.45, 2.75) is 32.8 Å². The first-order valence-electron chi connectivity index (χ1n) is 8.72. The summed E-state index contributed by atoms with van der Waals surface area (Å²) in [6, 6.07) is 5.86. The number of nitrogens with one attached hydrogen (secondary N) is 1. The van der Waals surface area contributed by atoms with Gasteiger partial charge >= 0.3 is 10.2 Å². The lowest BCUT2D eigenvalue weighted by atomic mass is 10.0. The normalized spacial score (nSPS) is 23.5. The fourth-order valence-corrected chi connectivity index (χ4v) is 4.70. The monoisotopic (exact) mass is 353 g/mol. The number of rotatable bonds is 5. The fraction of sp³-hybridized carbons (Fsp3) is 0.647. The number of benzene rings is 1. The first kappa shape index (κ1) is 17.7. The molecule has 1 unspecified atom stereocenters. The van der Waals surface area contributed by atoms with Gasteiger partial charge in [0, 0.05) is 26.2 Å². The van der Waals surface area contributed by atoms with Crippen molar-refractivity contribution in [3.8, 4) is 0 Å². The minimum atomic E-state index is -3.44. The van der Waals surface area contributed by atoms with Crippen LogP contribution in [0.2, 0.25) is 0 Å². The zero-order chi connectivity index (χ0) is 17.2. The summed E-state index contributed by atoms with van der Waals surface area (Å²) in [4.78, 5) is 2.37. The third-order valence-corrected chi connectivity index (χ3v) is 6.39. The lowest BCUT2D eigenvalue weighted by Gasteiger charge is -2.32. The van der Waals surface area contributed by atoms with E-state index in [1.54, 1.807) is 0 Å². The van der Waals surface area contributed by atoms with Gasteiger partial charge in [-0.3, -0.25) is 9.62 Å². The van der Waals surface area contributed by atoms with E-state index in [0.29, 0.717) is 18.8 Å². The Hall–Kier alpha value is -1.15. The van der Waals surface area contributed by atoms with Crippen LogP contribution in [-0.2, 0) is 14.9 Å². The zero-order valence-electron chi connectivity index (χ0n) is 14.5. The SMILES string of the molecule is CCN1CCOC(c2ccc(NS(=O)(=O)N3CCCC3)c(C)c2)C1. The van der Waals surface area contributed by atoms with Crippen molar-refractivity contribution >= 4 is 15.9 Å². The molecule has 1 aromatic rings. The number of aryl methyl sites for hydroxylation is 1. The molecule has 0 aromatic heterocycles. The molecule has 1 aromatic carbocycles. The highest BCUT2D eigenvalue weighted by molar-refractivity contribution is 7.90. The van der Waals surface area contributed by atoms with Gasteiger partial charge in [-0.25, -0.2) is 0 Å². The molecule has 24 heavy (non-hydrogen) atoms. The maximum Gasteiger partial charge on any atom is 0.301 e. The Morgan fingerprint density at radius 1 is 1.25 bits per heavy atom. The highest BCUT2D eigenvalue weighted by atomic mass is 32.2. The van der Waals surface area contributed by atoms with Crippen molar-refractivity contribution in [3.05, 3.63) is 29.3 Å². The van der Waals surface area contributed by atoms with Gasteiger partial charge in [0.15, 0.2) is 0 Å². The molecule has 134 valence electrons. The molecule has 0 aliphatic carbocycles. The largest absolute Gasteiger partial charge is 0.371 e. The molecule has 0 saturated carbocycles. The van der Waals surface area contributed by atoms with Crippen molar-refractivity contribution in [3.63, 3.8) is 0 Å². The van der Waals surface area contributed by atoms with Gasteiger partial charge in [-0.15, -0.1) is 0 Å². The molecule has 2 heterocycles. The van der Waals surface area contributed by atoms with Crippen molar-refractivity contribution in [1.29, 1.82) is 0 Å². The van der Waals surface area contributed by atoms with Gasteiger partial charge < -0.3 is 4.74 Å². The molecule has 2 aliphatic rings. The van der Waals surface area contributed by atoms with E-state index in [-0.39, 0.29) is 6.10 Å². The summed E-state index contributed by atoms with van der Waals surface area (Å²) < 4.78 is 34.9. The second-order valence-electron chi connectivity index (χ2n) is 6.54. The molecular formula is C17H27N3O3S. The molecular weight excluding hydrogens is 326 g/mol. The van der Waals surface area contributed by atoms with Crippen molar-refractivity contribution in [1.82, 2.24) is 9.21 Å². The molecule has 7 heteroatoms. The molecule has 0 spiro atoms. The second kappa shape index (κ2) is 7.39. The first-order chi connectivity index (χ1) is 11.5. The Balaban J connectivity index is 1.72. The van der Waals surface area contributed by atoms with Gasteiger partial charge in [-0.2, -0.15) is 12.7 Å². The number of ether oxygens (including phenoxy) is 1. The number of nitrogens with zero attached hydrogens (tertiary/aromatic N) is 2. The van der Waals surface area contributed by atoms with Gasteiger partial charge in [-0.1, -0.05) is 19.1 Å². The van der Waals surface area contributed by atoms with E-state index in [0.717, 1.165) is 50.2 Å². The van der Waals surface area contributed by atoms with Crippen LogP contribution in [0.3, 0.4) is 0 Å². The molecule has 2 saturated heterocycles. The second-order valence-corrected chi connectivity index (χ2v) is 8.21. The highest BCUT2D eigenvalue weighted by Crippen LogP contribution is 2.27. The number of morpholine rings is 1. The molecule has 1 atom stereocenters. The van der Waals surface area contributed by atoms with E-state index < -0.39 is 10.2 Å². The van der Waals surface area contributed by atoms with E-state index >= 15 is 0 Å². The van der Waals surface area contributed by atoms with E-state index in [4.69, 9.17) is 4.74 Å². The summed E-state index contributed by atoms with van der Waals surface area (Å²) >= 11 is 0. The van der Waals surface area contributed by atoms with Crippen LogP contribution in [0, 0.1) is 6.92 Å². The van der Waals surface area contributed by atoms with Crippen molar-refractivity contribution in [2.24, 2.45) is 0 Å². The Kier molecular flexibility index (Phi) is 5.44. The van der Waals surface area contributed by atoms with E-state index in [1.165, 1.54) is 4.31 Å². The molecule has 1 N–H and O–H groups in total. The topological polar surface area (TPSA) is 61.9 Å². The third-order valence-electron chi connectivity index (χ3n) is 4.86. The Morgan fingerprint density at radius 3 is 2.67 bits per heavy atom. The third kappa shape index (κ3) is 3.91. The fourth-order valence-electron chi connectivity index (χ4n) is 3.33. The molecule has 0 radical (unpaired) electrons. The van der Waals surface area contributed by atoms with E-state index in [9.17, 15) is 8.42 Å². The lowest BCUT2D eigenvalue weighted by molar-refractivity contribution is -0.0281. The van der Waals surface area contributed by atoms with Crippen LogP contribution in [0.25, 0.3) is 0 Å². The average molecular weight is 353 g/mol. The van der Waals surface area contributed by atoms with Crippen molar-refractivity contribution in [2.75, 3.05) is 44.1 Å². The predicted molar refractivity (Wildman–Crippen MR) is 95.3 cm³/mol. The van der Waals surface area contributed by atoms with Crippen LogP contribution in [0.1, 0.15) is 37.0 Å². The van der Waals surface area contributed by atoms with Crippen molar-refractivity contribution < 1.29 is 13.2 Å². The zero-order valence-corrected chi connectivity index (χ0v) is 15.3. The van der Waals surface area contributed by atoms with Gasteiger partial charge in [0.2, 0.25) is 0 Å². The minimum Gasteiger partial charge on any atom is -0.371 e. The maximum absolute atomic E-state index is 12.4. The summed E-state index contributed by atoms with van der Waals surface area (Å²) in [6.45, 7) is 8.92. The maximum atomic E-state index is 12.4. The van der Waals surface area contributed by atoms with E-state index in [1.807, 2.05) is 25.1 Å². The number of hydrogen-bond acceptors (Lipinski definition) is 4. The summed E-state index contributed by atoms with van der Waals surface area (Å²) in [5, 5.41) is 0. The van der Waals surface area contributed by atoms with E-state index in [2.05, 4.69) is 16.5 Å². The smallest absolute Gasteiger partial charge is 0.301 e. The molecule has 3 rings (SSSR count). The first-order valence-corrected chi connectivity index (χ1v) is 10.2. The Labute approximate surface area is 145 Å². The van der Waals surface area contributed by atoms with Gasteiger partial charge in [0.1, 0.15) is 0 Å². The number of likely N-dealkylation sites (N-methyl/N-ethyl adjacent to an activating group) is 1. The van der Waals surface area contributed by atoms with Crippen LogP contribution in [0.4, 0.5) is 5.69 Å².